The molecule has 0 bridgehead atoms. The van der Waals surface area contributed by atoms with E-state index < -0.39 is 6.10 Å². The number of aromatic nitrogens is 3. The third-order valence-corrected chi connectivity index (χ3v) is 3.99. The number of rotatable bonds is 4. The molecule has 2 aromatic heterocycles. The van der Waals surface area contributed by atoms with E-state index in [1.165, 1.54) is 11.8 Å². The van der Waals surface area contributed by atoms with Gasteiger partial charge in [0.25, 0.3) is 0 Å². The van der Waals surface area contributed by atoms with Gasteiger partial charge in [-0.1, -0.05) is 30.0 Å². The second-order valence-corrected chi connectivity index (χ2v) is 5.39. The number of pyridine rings is 1. The summed E-state index contributed by atoms with van der Waals surface area (Å²) in [5.74, 6) is 0.513. The maximum absolute atomic E-state index is 10.2. The number of anilines is 1. The standard InChI is InChI=1S/C14H14N4OS/c15-11-6-4-10(5-7-11)12(19)9-20-14-17-16-13-3-1-2-8-18(13)14/h1-8,12,19H,9,15H2. The van der Waals surface area contributed by atoms with E-state index >= 15 is 0 Å². The van der Waals surface area contributed by atoms with Gasteiger partial charge in [0.2, 0.25) is 0 Å². The molecule has 20 heavy (non-hydrogen) atoms. The fraction of sp³-hybridized carbons (Fsp3) is 0.143. The van der Waals surface area contributed by atoms with Crippen LogP contribution in [0.15, 0.2) is 53.8 Å². The summed E-state index contributed by atoms with van der Waals surface area (Å²) in [5.41, 5.74) is 7.97. The van der Waals surface area contributed by atoms with Crippen LogP contribution in [0.2, 0.25) is 0 Å². The lowest BCUT2D eigenvalue weighted by atomic mass is 10.1. The Hall–Kier alpha value is -2.05. The smallest absolute Gasteiger partial charge is 0.195 e. The normalized spacial score (nSPS) is 12.7. The number of nitrogens with two attached hydrogens (primary N) is 1. The molecule has 0 saturated heterocycles. The predicted molar refractivity (Wildman–Crippen MR) is 79.5 cm³/mol. The van der Waals surface area contributed by atoms with Crippen molar-refractivity contribution in [2.75, 3.05) is 11.5 Å². The summed E-state index contributed by atoms with van der Waals surface area (Å²) in [4.78, 5) is 0. The Kier molecular flexibility index (Phi) is 3.58. The van der Waals surface area contributed by atoms with Gasteiger partial charge in [0, 0.05) is 17.6 Å². The van der Waals surface area contributed by atoms with Crippen molar-refractivity contribution in [3.8, 4) is 0 Å². The van der Waals surface area contributed by atoms with Gasteiger partial charge < -0.3 is 10.8 Å². The van der Waals surface area contributed by atoms with Crippen LogP contribution in [0, 0.1) is 0 Å². The average molecular weight is 286 g/mol. The highest BCUT2D eigenvalue weighted by atomic mass is 32.2. The summed E-state index contributed by atoms with van der Waals surface area (Å²) in [7, 11) is 0. The molecule has 6 heteroatoms. The quantitative estimate of drug-likeness (QED) is 0.567. The molecule has 1 atom stereocenters. The molecule has 0 aliphatic rings. The molecule has 0 aliphatic carbocycles. The van der Waals surface area contributed by atoms with Crippen molar-refractivity contribution in [2.24, 2.45) is 0 Å². The van der Waals surface area contributed by atoms with Crippen molar-refractivity contribution in [1.29, 1.82) is 0 Å². The molecule has 102 valence electrons. The van der Waals surface area contributed by atoms with E-state index in [1.54, 1.807) is 12.1 Å². The highest BCUT2D eigenvalue weighted by Crippen LogP contribution is 2.24. The monoisotopic (exact) mass is 286 g/mol. The van der Waals surface area contributed by atoms with Crippen LogP contribution >= 0.6 is 11.8 Å². The Balaban J connectivity index is 1.71. The van der Waals surface area contributed by atoms with Gasteiger partial charge in [-0.05, 0) is 29.8 Å². The number of fused-ring (bicyclic) bond motifs is 1. The first-order chi connectivity index (χ1) is 9.74. The lowest BCUT2D eigenvalue weighted by Gasteiger charge is -2.10. The van der Waals surface area contributed by atoms with Crippen LogP contribution in [0.5, 0.6) is 0 Å². The van der Waals surface area contributed by atoms with Crippen LogP contribution in [-0.4, -0.2) is 25.5 Å². The maximum Gasteiger partial charge on any atom is 0.195 e. The Bertz CT molecular complexity index is 711. The maximum atomic E-state index is 10.2. The van der Waals surface area contributed by atoms with Gasteiger partial charge in [0.15, 0.2) is 10.8 Å². The molecular formula is C14H14N4OS. The predicted octanol–water partition coefficient (Wildman–Crippen LogP) is 2.14. The van der Waals surface area contributed by atoms with Crippen LogP contribution < -0.4 is 5.73 Å². The van der Waals surface area contributed by atoms with Gasteiger partial charge in [-0.25, -0.2) is 0 Å². The van der Waals surface area contributed by atoms with Crippen molar-refractivity contribution >= 4 is 23.1 Å². The lowest BCUT2D eigenvalue weighted by Crippen LogP contribution is -2.01. The number of aliphatic hydroxyl groups is 1. The van der Waals surface area contributed by atoms with E-state index in [1.807, 2.05) is 40.9 Å². The molecule has 0 aliphatic heterocycles. The Morgan fingerprint density at radius 3 is 2.75 bits per heavy atom. The number of benzene rings is 1. The number of thioether (sulfide) groups is 1. The average Bonchev–Trinajstić information content (AvgIpc) is 2.89. The molecule has 1 aromatic carbocycles. The first kappa shape index (κ1) is 13.0. The molecule has 0 saturated carbocycles. The summed E-state index contributed by atoms with van der Waals surface area (Å²) in [6.07, 6.45) is 1.35. The highest BCUT2D eigenvalue weighted by Gasteiger charge is 2.11. The van der Waals surface area contributed by atoms with Crippen LogP contribution in [0.3, 0.4) is 0 Å². The summed E-state index contributed by atoms with van der Waals surface area (Å²) in [5, 5.41) is 19.1. The molecule has 3 N–H and O–H groups in total. The van der Waals surface area contributed by atoms with Crippen LogP contribution in [0.25, 0.3) is 5.65 Å². The highest BCUT2D eigenvalue weighted by molar-refractivity contribution is 7.99. The Labute approximate surface area is 120 Å². The van der Waals surface area contributed by atoms with E-state index in [2.05, 4.69) is 10.2 Å². The number of hydrogen-bond donors (Lipinski definition) is 2. The van der Waals surface area contributed by atoms with Crippen molar-refractivity contribution in [2.45, 2.75) is 11.3 Å². The van der Waals surface area contributed by atoms with Gasteiger partial charge in [0.1, 0.15) is 0 Å². The van der Waals surface area contributed by atoms with E-state index in [4.69, 9.17) is 5.73 Å². The number of hydrogen-bond acceptors (Lipinski definition) is 5. The van der Waals surface area contributed by atoms with Crippen molar-refractivity contribution in [3.05, 3.63) is 54.2 Å². The fourth-order valence-electron chi connectivity index (χ4n) is 1.89. The summed E-state index contributed by atoms with van der Waals surface area (Å²) >= 11 is 1.47. The third-order valence-electron chi connectivity index (χ3n) is 2.97. The zero-order valence-corrected chi connectivity index (χ0v) is 11.5. The zero-order valence-electron chi connectivity index (χ0n) is 10.7. The minimum atomic E-state index is -0.559. The van der Waals surface area contributed by atoms with E-state index in [-0.39, 0.29) is 0 Å². The molecule has 0 radical (unpaired) electrons. The van der Waals surface area contributed by atoms with Gasteiger partial charge >= 0.3 is 0 Å². The third kappa shape index (κ3) is 2.61. The van der Waals surface area contributed by atoms with E-state index in [9.17, 15) is 5.11 Å². The molecule has 0 amide bonds. The van der Waals surface area contributed by atoms with E-state index in [0.29, 0.717) is 11.4 Å². The number of nitrogen functional groups attached to an aromatic ring is 1. The lowest BCUT2D eigenvalue weighted by molar-refractivity contribution is 0.204. The van der Waals surface area contributed by atoms with Crippen LogP contribution in [0.4, 0.5) is 5.69 Å². The summed E-state index contributed by atoms with van der Waals surface area (Å²) < 4.78 is 1.90. The molecule has 0 spiro atoms. The number of aliphatic hydroxyl groups excluding tert-OH is 1. The van der Waals surface area contributed by atoms with Crippen molar-refractivity contribution < 1.29 is 5.11 Å². The minimum Gasteiger partial charge on any atom is -0.399 e. The number of nitrogens with zero attached hydrogens (tertiary/aromatic N) is 3. The van der Waals surface area contributed by atoms with Gasteiger partial charge in [-0.15, -0.1) is 10.2 Å². The topological polar surface area (TPSA) is 76.4 Å². The van der Waals surface area contributed by atoms with Gasteiger partial charge in [0.05, 0.1) is 6.10 Å². The van der Waals surface area contributed by atoms with Crippen LogP contribution in [0.1, 0.15) is 11.7 Å². The molecule has 5 nitrogen and oxygen atoms in total. The first-order valence-electron chi connectivity index (χ1n) is 6.20. The van der Waals surface area contributed by atoms with Gasteiger partial charge in [-0.3, -0.25) is 4.40 Å². The SMILES string of the molecule is Nc1ccc(C(O)CSc2nnc3ccccn23)cc1. The molecule has 3 rings (SSSR count). The van der Waals surface area contributed by atoms with Crippen molar-refractivity contribution in [3.63, 3.8) is 0 Å². The Morgan fingerprint density at radius 1 is 1.15 bits per heavy atom. The summed E-state index contributed by atoms with van der Waals surface area (Å²) in [6, 6.07) is 13.0. The van der Waals surface area contributed by atoms with Gasteiger partial charge in [-0.2, -0.15) is 0 Å². The zero-order chi connectivity index (χ0) is 13.9. The molecular weight excluding hydrogens is 272 g/mol. The Morgan fingerprint density at radius 2 is 1.95 bits per heavy atom. The molecule has 1 unspecified atom stereocenters. The second kappa shape index (κ2) is 5.52. The molecule has 0 fully saturated rings. The summed E-state index contributed by atoms with van der Waals surface area (Å²) in [6.45, 7) is 0. The van der Waals surface area contributed by atoms with Crippen molar-refractivity contribution in [1.82, 2.24) is 14.6 Å². The second-order valence-electron chi connectivity index (χ2n) is 4.40. The minimum absolute atomic E-state index is 0.513. The van der Waals surface area contributed by atoms with Crippen LogP contribution in [-0.2, 0) is 0 Å². The molecule has 2 heterocycles. The fourth-order valence-corrected chi connectivity index (χ4v) is 2.78. The largest absolute Gasteiger partial charge is 0.399 e. The first-order valence-corrected chi connectivity index (χ1v) is 7.18. The molecule has 3 aromatic rings. The van der Waals surface area contributed by atoms with E-state index in [0.717, 1.165) is 16.4 Å².